The first-order valence-electron chi connectivity index (χ1n) is 4.18. The lowest BCUT2D eigenvalue weighted by molar-refractivity contribution is -0.147. The smallest absolute Gasteiger partial charge is 0.322 e. The van der Waals surface area contributed by atoms with Crippen molar-refractivity contribution < 1.29 is 19.1 Å². The number of piperidine rings is 1. The van der Waals surface area contributed by atoms with Crippen molar-refractivity contribution in [1.82, 2.24) is 5.32 Å². The van der Waals surface area contributed by atoms with Crippen molar-refractivity contribution in [1.29, 1.82) is 0 Å². The van der Waals surface area contributed by atoms with E-state index in [9.17, 15) is 9.59 Å². The number of carbonyl (C=O) groups is 2. The Bertz CT molecular complexity index is 195. The predicted molar refractivity (Wildman–Crippen MR) is 44.0 cm³/mol. The summed E-state index contributed by atoms with van der Waals surface area (Å²) in [5.41, 5.74) is 0. The molecule has 1 fully saturated rings. The van der Waals surface area contributed by atoms with Gasteiger partial charge in [0.2, 0.25) is 0 Å². The lowest BCUT2D eigenvalue weighted by atomic mass is 10.0. The molecule has 0 radical (unpaired) electrons. The van der Waals surface area contributed by atoms with Crippen LogP contribution in [0.3, 0.4) is 0 Å². The summed E-state index contributed by atoms with van der Waals surface area (Å²) in [6.07, 6.45) is 1.07. The van der Waals surface area contributed by atoms with Gasteiger partial charge in [-0.05, 0) is 13.0 Å². The molecule has 5 nitrogen and oxygen atoms in total. The van der Waals surface area contributed by atoms with Crippen LogP contribution in [-0.4, -0.2) is 38.2 Å². The highest BCUT2D eigenvalue weighted by Gasteiger charge is 2.28. The first-order chi connectivity index (χ1) is 6.27. The minimum absolute atomic E-state index is 0.164. The summed E-state index contributed by atoms with van der Waals surface area (Å²) in [7, 11) is 1.34. The molecule has 0 aromatic rings. The molecular weight excluding hydrogens is 174 g/mol. The van der Waals surface area contributed by atoms with Crippen LogP contribution in [0.4, 0.5) is 0 Å². The van der Waals surface area contributed by atoms with E-state index < -0.39 is 0 Å². The summed E-state index contributed by atoms with van der Waals surface area (Å²) in [6.45, 7) is 1.09. The number of esters is 1. The molecule has 1 N–H and O–H groups in total. The molecule has 0 aliphatic carbocycles. The summed E-state index contributed by atoms with van der Waals surface area (Å²) >= 11 is 0. The van der Waals surface area contributed by atoms with Crippen LogP contribution >= 0.6 is 0 Å². The highest BCUT2D eigenvalue weighted by atomic mass is 16.5. The minimum Gasteiger partial charge on any atom is -0.468 e. The number of nitrogens with one attached hydrogen (secondary N) is 1. The molecule has 0 aromatic carbocycles. The van der Waals surface area contributed by atoms with Gasteiger partial charge in [-0.15, -0.1) is 0 Å². The standard InChI is InChI=1S/C8H13NO4/c1-12-8(11)7-4-6(13-5-10)2-3-9-7/h5-7,9H,2-4H2,1H3/t6-,7+/m1/s1. The number of hydrogen-bond acceptors (Lipinski definition) is 5. The van der Waals surface area contributed by atoms with E-state index in [0.29, 0.717) is 19.4 Å². The molecule has 1 rings (SSSR count). The maximum Gasteiger partial charge on any atom is 0.322 e. The van der Waals surface area contributed by atoms with Gasteiger partial charge in [0.1, 0.15) is 12.1 Å². The molecule has 0 aromatic heterocycles. The number of methoxy groups -OCH3 is 1. The van der Waals surface area contributed by atoms with Gasteiger partial charge in [-0.3, -0.25) is 9.59 Å². The SMILES string of the molecule is COC(=O)[C@@H]1C[C@H](OC=O)CCN1. The summed E-state index contributed by atoms with van der Waals surface area (Å²) in [5.74, 6) is -0.306. The Morgan fingerprint density at radius 1 is 1.62 bits per heavy atom. The number of hydrogen-bond donors (Lipinski definition) is 1. The van der Waals surface area contributed by atoms with Crippen LogP contribution in [0.1, 0.15) is 12.8 Å². The Hall–Kier alpha value is -1.10. The molecule has 0 bridgehead atoms. The van der Waals surface area contributed by atoms with E-state index in [1.807, 2.05) is 0 Å². The van der Waals surface area contributed by atoms with Crippen molar-refractivity contribution in [2.75, 3.05) is 13.7 Å². The van der Waals surface area contributed by atoms with Crippen LogP contribution in [0.2, 0.25) is 0 Å². The van der Waals surface area contributed by atoms with Crippen molar-refractivity contribution in [2.24, 2.45) is 0 Å². The molecule has 0 amide bonds. The van der Waals surface area contributed by atoms with Crippen LogP contribution in [0.5, 0.6) is 0 Å². The van der Waals surface area contributed by atoms with Crippen LogP contribution in [-0.2, 0) is 19.1 Å². The van der Waals surface area contributed by atoms with Gasteiger partial charge in [0.05, 0.1) is 7.11 Å². The zero-order chi connectivity index (χ0) is 9.68. The van der Waals surface area contributed by atoms with Crippen molar-refractivity contribution >= 4 is 12.4 Å². The van der Waals surface area contributed by atoms with E-state index in [0.717, 1.165) is 6.42 Å². The Kier molecular flexibility index (Phi) is 3.70. The van der Waals surface area contributed by atoms with Gasteiger partial charge in [0.15, 0.2) is 0 Å². The molecule has 74 valence electrons. The first kappa shape index (κ1) is 9.98. The third kappa shape index (κ3) is 2.69. The number of rotatable bonds is 3. The van der Waals surface area contributed by atoms with Gasteiger partial charge in [0.25, 0.3) is 6.47 Å². The number of ether oxygens (including phenoxy) is 2. The molecule has 1 aliphatic heterocycles. The highest BCUT2D eigenvalue weighted by Crippen LogP contribution is 2.12. The summed E-state index contributed by atoms with van der Waals surface area (Å²) in [6, 6.07) is -0.344. The fraction of sp³-hybridized carbons (Fsp3) is 0.750. The van der Waals surface area contributed by atoms with Gasteiger partial charge in [0, 0.05) is 6.42 Å². The largest absolute Gasteiger partial charge is 0.468 e. The maximum atomic E-state index is 11.1. The van der Waals surface area contributed by atoms with Crippen molar-refractivity contribution in [3.05, 3.63) is 0 Å². The van der Waals surface area contributed by atoms with Crippen molar-refractivity contribution in [2.45, 2.75) is 25.0 Å². The molecule has 13 heavy (non-hydrogen) atoms. The molecule has 1 heterocycles. The summed E-state index contributed by atoms with van der Waals surface area (Å²) in [4.78, 5) is 21.1. The van der Waals surface area contributed by atoms with Crippen molar-refractivity contribution in [3.8, 4) is 0 Å². The fourth-order valence-corrected chi connectivity index (χ4v) is 1.41. The Morgan fingerprint density at radius 3 is 3.00 bits per heavy atom. The topological polar surface area (TPSA) is 64.6 Å². The van der Waals surface area contributed by atoms with E-state index in [1.54, 1.807) is 0 Å². The predicted octanol–water partition coefficient (Wildman–Crippen LogP) is -0.547. The van der Waals surface area contributed by atoms with Gasteiger partial charge >= 0.3 is 5.97 Å². The normalized spacial score (nSPS) is 27.8. The van der Waals surface area contributed by atoms with Crippen LogP contribution < -0.4 is 5.32 Å². The second-order valence-electron chi connectivity index (χ2n) is 2.91. The molecule has 1 saturated heterocycles. The third-order valence-corrected chi connectivity index (χ3v) is 2.09. The fourth-order valence-electron chi connectivity index (χ4n) is 1.41. The quantitative estimate of drug-likeness (QED) is 0.474. The molecule has 2 atom stereocenters. The monoisotopic (exact) mass is 187 g/mol. The molecule has 0 saturated carbocycles. The average molecular weight is 187 g/mol. The van der Waals surface area contributed by atoms with Gasteiger partial charge in [-0.1, -0.05) is 0 Å². The molecule has 0 spiro atoms. The zero-order valence-corrected chi connectivity index (χ0v) is 7.49. The first-order valence-corrected chi connectivity index (χ1v) is 4.18. The van der Waals surface area contributed by atoms with Gasteiger partial charge < -0.3 is 14.8 Å². The van der Waals surface area contributed by atoms with E-state index >= 15 is 0 Å². The summed E-state index contributed by atoms with van der Waals surface area (Å²) < 4.78 is 9.35. The van der Waals surface area contributed by atoms with Crippen LogP contribution in [0.15, 0.2) is 0 Å². The van der Waals surface area contributed by atoms with Crippen molar-refractivity contribution in [3.63, 3.8) is 0 Å². The highest BCUT2D eigenvalue weighted by molar-refractivity contribution is 5.75. The number of carbonyl (C=O) groups excluding carboxylic acids is 2. The lowest BCUT2D eigenvalue weighted by Gasteiger charge is -2.27. The second kappa shape index (κ2) is 4.81. The maximum absolute atomic E-state index is 11.1. The average Bonchev–Trinajstić information content (AvgIpc) is 2.18. The lowest BCUT2D eigenvalue weighted by Crippen LogP contribution is -2.46. The molecule has 0 unspecified atom stereocenters. The Morgan fingerprint density at radius 2 is 2.38 bits per heavy atom. The third-order valence-electron chi connectivity index (χ3n) is 2.09. The van der Waals surface area contributed by atoms with E-state index in [2.05, 4.69) is 10.1 Å². The van der Waals surface area contributed by atoms with Crippen LogP contribution in [0.25, 0.3) is 0 Å². The van der Waals surface area contributed by atoms with Gasteiger partial charge in [-0.2, -0.15) is 0 Å². The van der Waals surface area contributed by atoms with E-state index in [4.69, 9.17) is 4.74 Å². The van der Waals surface area contributed by atoms with Gasteiger partial charge in [-0.25, -0.2) is 0 Å². The second-order valence-corrected chi connectivity index (χ2v) is 2.91. The Labute approximate surface area is 76.4 Å². The minimum atomic E-state index is -0.344. The summed E-state index contributed by atoms with van der Waals surface area (Å²) in [5, 5.41) is 2.99. The molecule has 5 heteroatoms. The van der Waals surface area contributed by atoms with E-state index in [-0.39, 0.29) is 18.1 Å². The Balaban J connectivity index is 2.41. The van der Waals surface area contributed by atoms with E-state index in [1.165, 1.54) is 7.11 Å². The molecular formula is C8H13NO4. The molecule has 1 aliphatic rings. The zero-order valence-electron chi connectivity index (χ0n) is 7.49. The van der Waals surface area contributed by atoms with Crippen LogP contribution in [0, 0.1) is 0 Å².